The first-order valence-corrected chi connectivity index (χ1v) is 11.1. The van der Waals surface area contributed by atoms with Gasteiger partial charge < -0.3 is 19.9 Å². The number of ether oxygens (including phenoxy) is 1. The van der Waals surface area contributed by atoms with E-state index in [0.29, 0.717) is 44.8 Å². The molecular formula is C23H33N3O4. The van der Waals surface area contributed by atoms with Crippen LogP contribution >= 0.6 is 0 Å². The van der Waals surface area contributed by atoms with Crippen LogP contribution in [0.3, 0.4) is 0 Å². The molecule has 3 rings (SSSR count). The predicted octanol–water partition coefficient (Wildman–Crippen LogP) is 2.88. The smallest absolute Gasteiger partial charge is 0.248 e. The van der Waals surface area contributed by atoms with Gasteiger partial charge in [-0.25, -0.2) is 0 Å². The lowest BCUT2D eigenvalue weighted by Gasteiger charge is -2.40. The van der Waals surface area contributed by atoms with Crippen LogP contribution in [0, 0.1) is 0 Å². The zero-order chi connectivity index (χ0) is 21.6. The molecule has 1 aliphatic carbocycles. The van der Waals surface area contributed by atoms with Gasteiger partial charge in [0.15, 0.2) is 0 Å². The Balaban J connectivity index is 1.62. The van der Waals surface area contributed by atoms with E-state index in [1.165, 1.54) is 0 Å². The quantitative estimate of drug-likeness (QED) is 0.743. The van der Waals surface area contributed by atoms with Crippen LogP contribution in [-0.2, 0) is 14.4 Å². The molecule has 1 heterocycles. The maximum atomic E-state index is 13.2. The molecule has 2 aliphatic rings. The Morgan fingerprint density at radius 3 is 2.47 bits per heavy atom. The molecule has 7 heteroatoms. The van der Waals surface area contributed by atoms with Crippen LogP contribution in [0.15, 0.2) is 24.3 Å². The fourth-order valence-electron chi connectivity index (χ4n) is 4.47. The Morgan fingerprint density at radius 2 is 1.77 bits per heavy atom. The highest BCUT2D eigenvalue weighted by molar-refractivity contribution is 5.98. The third-order valence-electron chi connectivity index (χ3n) is 6.14. The largest absolute Gasteiger partial charge is 0.490 e. The van der Waals surface area contributed by atoms with E-state index in [1.807, 2.05) is 38.1 Å². The minimum atomic E-state index is -0.823. The second-order valence-electron chi connectivity index (χ2n) is 8.03. The molecule has 1 saturated carbocycles. The summed E-state index contributed by atoms with van der Waals surface area (Å²) in [5.74, 6) is 0.363. The van der Waals surface area contributed by atoms with Crippen molar-refractivity contribution < 1.29 is 19.1 Å². The molecular weight excluding hydrogens is 382 g/mol. The SMILES string of the molecule is CCN(CC)C(=O)C1(NC(=O)CCC(=O)N2CCOc3ccccc32)CCCCC1. The number of para-hydroxylation sites is 2. The van der Waals surface area contributed by atoms with E-state index in [2.05, 4.69) is 5.32 Å². The van der Waals surface area contributed by atoms with Crippen molar-refractivity contribution in [2.75, 3.05) is 31.1 Å². The summed E-state index contributed by atoms with van der Waals surface area (Å²) in [5, 5.41) is 3.03. The molecule has 1 aromatic carbocycles. The first kappa shape index (κ1) is 22.1. The van der Waals surface area contributed by atoms with Gasteiger partial charge >= 0.3 is 0 Å². The summed E-state index contributed by atoms with van der Waals surface area (Å²) in [6.45, 7) is 6.08. The number of hydrogen-bond acceptors (Lipinski definition) is 4. The second kappa shape index (κ2) is 9.96. The van der Waals surface area contributed by atoms with Crippen molar-refractivity contribution in [2.24, 2.45) is 0 Å². The van der Waals surface area contributed by atoms with Gasteiger partial charge in [-0.15, -0.1) is 0 Å². The number of nitrogens with one attached hydrogen (secondary N) is 1. The molecule has 1 aliphatic heterocycles. The van der Waals surface area contributed by atoms with Crippen molar-refractivity contribution >= 4 is 23.4 Å². The molecule has 0 spiro atoms. The molecule has 7 nitrogen and oxygen atoms in total. The van der Waals surface area contributed by atoms with Gasteiger partial charge in [-0.05, 0) is 38.8 Å². The maximum absolute atomic E-state index is 13.2. The first-order chi connectivity index (χ1) is 14.5. The molecule has 1 aromatic rings. The van der Waals surface area contributed by atoms with Crippen molar-refractivity contribution in [1.82, 2.24) is 10.2 Å². The van der Waals surface area contributed by atoms with E-state index >= 15 is 0 Å². The average molecular weight is 416 g/mol. The molecule has 164 valence electrons. The number of fused-ring (bicyclic) bond motifs is 1. The van der Waals surface area contributed by atoms with Crippen LogP contribution in [0.25, 0.3) is 0 Å². The number of amides is 3. The zero-order valence-corrected chi connectivity index (χ0v) is 18.1. The van der Waals surface area contributed by atoms with Gasteiger partial charge in [-0.1, -0.05) is 31.4 Å². The van der Waals surface area contributed by atoms with E-state index in [0.717, 1.165) is 24.9 Å². The minimum absolute atomic E-state index is 0.00832. The average Bonchev–Trinajstić information content (AvgIpc) is 2.78. The number of nitrogens with zero attached hydrogens (tertiary/aromatic N) is 2. The maximum Gasteiger partial charge on any atom is 0.248 e. The normalized spacial score (nSPS) is 17.5. The molecule has 3 amide bonds. The Hall–Kier alpha value is -2.57. The number of carbonyl (C=O) groups excluding carboxylic acids is 3. The molecule has 0 atom stereocenters. The van der Waals surface area contributed by atoms with Gasteiger partial charge in [-0.3, -0.25) is 14.4 Å². The van der Waals surface area contributed by atoms with Crippen molar-refractivity contribution in [3.63, 3.8) is 0 Å². The Bertz CT molecular complexity index is 769. The summed E-state index contributed by atoms with van der Waals surface area (Å²) in [7, 11) is 0. The number of rotatable bonds is 7. The molecule has 0 aromatic heterocycles. The topological polar surface area (TPSA) is 79.0 Å². The van der Waals surface area contributed by atoms with Crippen LogP contribution in [0.2, 0.25) is 0 Å². The Labute approximate surface area is 178 Å². The molecule has 1 fully saturated rings. The monoisotopic (exact) mass is 415 g/mol. The lowest BCUT2D eigenvalue weighted by Crippen LogP contribution is -2.60. The minimum Gasteiger partial charge on any atom is -0.490 e. The van der Waals surface area contributed by atoms with E-state index < -0.39 is 5.54 Å². The van der Waals surface area contributed by atoms with Gasteiger partial charge in [0.2, 0.25) is 17.7 Å². The molecule has 0 unspecified atom stereocenters. The summed E-state index contributed by atoms with van der Waals surface area (Å²) in [6.07, 6.45) is 4.45. The Morgan fingerprint density at radius 1 is 1.07 bits per heavy atom. The number of benzene rings is 1. The van der Waals surface area contributed by atoms with Crippen LogP contribution in [0.5, 0.6) is 5.75 Å². The highest BCUT2D eigenvalue weighted by Gasteiger charge is 2.42. The number of hydrogen-bond donors (Lipinski definition) is 1. The standard InChI is InChI=1S/C23H33N3O4/c1-3-25(4-2)22(29)23(14-8-5-9-15-23)24-20(27)12-13-21(28)26-16-17-30-19-11-7-6-10-18(19)26/h6-7,10-11H,3-5,8-9,12-17H2,1-2H3,(H,24,27). The van der Waals surface area contributed by atoms with Crippen molar-refractivity contribution in [3.8, 4) is 5.75 Å². The third kappa shape index (κ3) is 4.77. The Kier molecular flexibility index (Phi) is 7.34. The number of anilines is 1. The lowest BCUT2D eigenvalue weighted by atomic mass is 9.80. The van der Waals surface area contributed by atoms with Gasteiger partial charge in [0.05, 0.1) is 12.2 Å². The fourth-order valence-corrected chi connectivity index (χ4v) is 4.47. The van der Waals surface area contributed by atoms with Gasteiger partial charge in [0.1, 0.15) is 17.9 Å². The van der Waals surface area contributed by atoms with Gasteiger partial charge in [-0.2, -0.15) is 0 Å². The summed E-state index contributed by atoms with van der Waals surface area (Å²) < 4.78 is 5.60. The molecule has 0 bridgehead atoms. The summed E-state index contributed by atoms with van der Waals surface area (Å²) >= 11 is 0. The third-order valence-corrected chi connectivity index (χ3v) is 6.14. The highest BCUT2D eigenvalue weighted by Crippen LogP contribution is 2.32. The zero-order valence-electron chi connectivity index (χ0n) is 18.1. The van der Waals surface area contributed by atoms with Crippen LogP contribution in [0.4, 0.5) is 5.69 Å². The first-order valence-electron chi connectivity index (χ1n) is 11.1. The second-order valence-corrected chi connectivity index (χ2v) is 8.03. The van der Waals surface area contributed by atoms with Crippen LogP contribution in [-0.4, -0.2) is 54.4 Å². The molecule has 1 N–H and O–H groups in total. The summed E-state index contributed by atoms with van der Waals surface area (Å²) in [5.41, 5.74) is -0.0784. The molecule has 0 saturated heterocycles. The number of carbonyl (C=O) groups is 3. The molecule has 30 heavy (non-hydrogen) atoms. The summed E-state index contributed by atoms with van der Waals surface area (Å²) in [6, 6.07) is 7.43. The van der Waals surface area contributed by atoms with Crippen molar-refractivity contribution in [2.45, 2.75) is 64.3 Å². The van der Waals surface area contributed by atoms with Crippen molar-refractivity contribution in [3.05, 3.63) is 24.3 Å². The van der Waals surface area contributed by atoms with E-state index in [9.17, 15) is 14.4 Å². The van der Waals surface area contributed by atoms with Crippen LogP contribution in [0.1, 0.15) is 58.8 Å². The summed E-state index contributed by atoms with van der Waals surface area (Å²) in [4.78, 5) is 42.2. The van der Waals surface area contributed by atoms with E-state index in [4.69, 9.17) is 4.74 Å². The van der Waals surface area contributed by atoms with Gasteiger partial charge in [0, 0.05) is 25.9 Å². The van der Waals surface area contributed by atoms with E-state index in [1.54, 1.807) is 9.80 Å². The predicted molar refractivity (Wildman–Crippen MR) is 115 cm³/mol. The highest BCUT2D eigenvalue weighted by atomic mass is 16.5. The number of likely N-dealkylation sites (N-methyl/N-ethyl adjacent to an activating group) is 1. The van der Waals surface area contributed by atoms with Gasteiger partial charge in [0.25, 0.3) is 0 Å². The fraction of sp³-hybridized carbons (Fsp3) is 0.609. The van der Waals surface area contributed by atoms with Crippen molar-refractivity contribution in [1.29, 1.82) is 0 Å². The lowest BCUT2D eigenvalue weighted by molar-refractivity contribution is -0.143. The van der Waals surface area contributed by atoms with E-state index in [-0.39, 0.29) is 30.6 Å². The molecule has 0 radical (unpaired) electrons. The van der Waals surface area contributed by atoms with Crippen LogP contribution < -0.4 is 15.0 Å².